The average Bonchev–Trinajstić information content (AvgIpc) is 2.84. The van der Waals surface area contributed by atoms with Crippen LogP contribution >= 0.6 is 0 Å². The Morgan fingerprint density at radius 3 is 2.67 bits per heavy atom. The lowest BCUT2D eigenvalue weighted by molar-refractivity contribution is -0.136. The Hall–Kier alpha value is -1.32. The second-order valence-corrected chi connectivity index (χ2v) is 5.31. The van der Waals surface area contributed by atoms with Gasteiger partial charge in [-0.05, 0) is 18.8 Å². The maximum Gasteiger partial charge on any atom is 0.245 e. The fourth-order valence-electron chi connectivity index (χ4n) is 2.66. The van der Waals surface area contributed by atoms with Crippen molar-refractivity contribution in [1.29, 1.82) is 0 Å². The Morgan fingerprint density at radius 2 is 2.06 bits per heavy atom. The first kappa shape index (κ1) is 13.1. The first-order chi connectivity index (χ1) is 8.63. The van der Waals surface area contributed by atoms with E-state index in [9.17, 15) is 9.59 Å². The van der Waals surface area contributed by atoms with Crippen LogP contribution in [-0.4, -0.2) is 35.3 Å². The highest BCUT2D eigenvalue weighted by Gasteiger charge is 2.36. The van der Waals surface area contributed by atoms with Gasteiger partial charge in [0, 0.05) is 19.0 Å². The van der Waals surface area contributed by atoms with E-state index in [4.69, 9.17) is 0 Å². The van der Waals surface area contributed by atoms with Crippen LogP contribution in [0, 0.1) is 5.92 Å². The molecule has 1 saturated heterocycles. The van der Waals surface area contributed by atoms with E-state index in [0.29, 0.717) is 13.0 Å². The van der Waals surface area contributed by atoms with Crippen molar-refractivity contribution in [1.82, 2.24) is 10.2 Å². The van der Waals surface area contributed by atoms with Crippen LogP contribution in [-0.2, 0) is 9.59 Å². The van der Waals surface area contributed by atoms with E-state index in [2.05, 4.69) is 24.4 Å². The van der Waals surface area contributed by atoms with Gasteiger partial charge in [-0.25, -0.2) is 0 Å². The third kappa shape index (κ3) is 2.57. The summed E-state index contributed by atoms with van der Waals surface area (Å²) >= 11 is 0. The minimum Gasteiger partial charge on any atom is -0.344 e. The van der Waals surface area contributed by atoms with Crippen molar-refractivity contribution in [2.24, 2.45) is 5.92 Å². The molecule has 1 heterocycles. The zero-order valence-corrected chi connectivity index (χ0v) is 11.2. The van der Waals surface area contributed by atoms with E-state index < -0.39 is 0 Å². The number of nitrogens with zero attached hydrogens (tertiary/aromatic N) is 1. The Kier molecular flexibility index (Phi) is 4.04. The molecule has 2 rings (SSSR count). The van der Waals surface area contributed by atoms with Crippen molar-refractivity contribution in [2.75, 3.05) is 6.54 Å². The second kappa shape index (κ2) is 5.55. The molecule has 1 N–H and O–H groups in total. The fraction of sp³-hybridized carbons (Fsp3) is 0.714. The smallest absolute Gasteiger partial charge is 0.245 e. The van der Waals surface area contributed by atoms with Crippen LogP contribution in [0.25, 0.3) is 0 Å². The van der Waals surface area contributed by atoms with Gasteiger partial charge in [-0.15, -0.1) is 0 Å². The van der Waals surface area contributed by atoms with Crippen molar-refractivity contribution >= 4 is 11.8 Å². The number of hydrogen-bond donors (Lipinski definition) is 1. The molecule has 0 aromatic heterocycles. The summed E-state index contributed by atoms with van der Waals surface area (Å²) in [5.74, 6) is 0.294. The predicted octanol–water partition coefficient (Wildman–Crippen LogP) is 1.47. The monoisotopic (exact) mass is 250 g/mol. The molecule has 1 fully saturated rings. The van der Waals surface area contributed by atoms with Gasteiger partial charge < -0.3 is 10.2 Å². The Morgan fingerprint density at radius 1 is 1.39 bits per heavy atom. The molecule has 0 aromatic carbocycles. The van der Waals surface area contributed by atoms with Crippen molar-refractivity contribution in [3.05, 3.63) is 12.2 Å². The van der Waals surface area contributed by atoms with Gasteiger partial charge in [0.25, 0.3) is 0 Å². The zero-order valence-electron chi connectivity index (χ0n) is 11.2. The molecule has 4 heteroatoms. The van der Waals surface area contributed by atoms with E-state index in [-0.39, 0.29) is 29.8 Å². The second-order valence-electron chi connectivity index (χ2n) is 5.31. The third-order valence-electron chi connectivity index (χ3n) is 4.08. The molecular weight excluding hydrogens is 228 g/mol. The third-order valence-corrected chi connectivity index (χ3v) is 4.08. The number of carbonyl (C=O) groups excluding carboxylic acids is 2. The summed E-state index contributed by atoms with van der Waals surface area (Å²) in [4.78, 5) is 26.2. The Balaban J connectivity index is 2.14. The summed E-state index contributed by atoms with van der Waals surface area (Å²) in [7, 11) is 0. The number of nitrogens with one attached hydrogen (secondary N) is 1. The largest absolute Gasteiger partial charge is 0.344 e. The minimum atomic E-state index is -0.342. The topological polar surface area (TPSA) is 49.4 Å². The van der Waals surface area contributed by atoms with E-state index in [1.54, 1.807) is 0 Å². The SMILES string of the molecule is CCC(C)C1NC(=O)CCN(C2CC=CC2)C1=O. The maximum absolute atomic E-state index is 12.6. The number of amides is 2. The van der Waals surface area contributed by atoms with Crippen molar-refractivity contribution in [3.63, 3.8) is 0 Å². The first-order valence-corrected chi connectivity index (χ1v) is 6.88. The number of rotatable bonds is 3. The van der Waals surface area contributed by atoms with Crippen LogP contribution in [0.2, 0.25) is 0 Å². The zero-order chi connectivity index (χ0) is 13.1. The van der Waals surface area contributed by atoms with Crippen molar-refractivity contribution < 1.29 is 9.59 Å². The van der Waals surface area contributed by atoms with Gasteiger partial charge in [-0.1, -0.05) is 32.4 Å². The molecule has 4 nitrogen and oxygen atoms in total. The summed E-state index contributed by atoms with van der Waals surface area (Å²) in [5.41, 5.74) is 0. The fourth-order valence-corrected chi connectivity index (χ4v) is 2.66. The average molecular weight is 250 g/mol. The molecule has 0 saturated carbocycles. The van der Waals surface area contributed by atoms with Crippen LogP contribution in [0.15, 0.2) is 12.2 Å². The van der Waals surface area contributed by atoms with Crippen LogP contribution in [0.5, 0.6) is 0 Å². The minimum absolute atomic E-state index is 0.00195. The van der Waals surface area contributed by atoms with Gasteiger partial charge >= 0.3 is 0 Å². The highest BCUT2D eigenvalue weighted by atomic mass is 16.2. The maximum atomic E-state index is 12.6. The van der Waals surface area contributed by atoms with Gasteiger partial charge in [0.1, 0.15) is 6.04 Å². The molecule has 18 heavy (non-hydrogen) atoms. The first-order valence-electron chi connectivity index (χ1n) is 6.88. The normalized spacial score (nSPS) is 27.2. The lowest BCUT2D eigenvalue weighted by Crippen LogP contribution is -2.50. The Labute approximate surface area is 108 Å². The predicted molar refractivity (Wildman–Crippen MR) is 69.9 cm³/mol. The summed E-state index contributed by atoms with van der Waals surface area (Å²) in [6.45, 7) is 4.64. The summed E-state index contributed by atoms with van der Waals surface area (Å²) in [6, 6.07) is -0.0812. The molecule has 2 atom stereocenters. The molecule has 2 aliphatic rings. The molecule has 0 spiro atoms. The van der Waals surface area contributed by atoms with E-state index in [1.807, 2.05) is 11.8 Å². The number of carbonyl (C=O) groups is 2. The molecule has 0 aromatic rings. The van der Waals surface area contributed by atoms with E-state index in [0.717, 1.165) is 19.3 Å². The standard InChI is InChI=1S/C14H22N2O2/c1-3-10(2)13-14(18)16(9-8-12(17)15-13)11-6-4-5-7-11/h4-5,10-11,13H,3,6-9H2,1-2H3,(H,15,17). The van der Waals surface area contributed by atoms with Crippen LogP contribution in [0.4, 0.5) is 0 Å². The molecule has 0 radical (unpaired) electrons. The van der Waals surface area contributed by atoms with Crippen LogP contribution in [0.1, 0.15) is 39.5 Å². The van der Waals surface area contributed by atoms with Gasteiger partial charge in [-0.3, -0.25) is 9.59 Å². The van der Waals surface area contributed by atoms with Crippen LogP contribution in [0.3, 0.4) is 0 Å². The lowest BCUT2D eigenvalue weighted by atomic mass is 9.97. The number of hydrogen-bond acceptors (Lipinski definition) is 2. The van der Waals surface area contributed by atoms with Gasteiger partial charge in [0.05, 0.1) is 0 Å². The molecule has 100 valence electrons. The van der Waals surface area contributed by atoms with Gasteiger partial charge in [0.15, 0.2) is 0 Å². The highest BCUT2D eigenvalue weighted by molar-refractivity contribution is 5.90. The van der Waals surface area contributed by atoms with Gasteiger partial charge in [0.2, 0.25) is 11.8 Å². The molecule has 1 aliphatic heterocycles. The lowest BCUT2D eigenvalue weighted by Gasteiger charge is -2.31. The molecular formula is C14H22N2O2. The molecule has 2 unspecified atom stereocenters. The highest BCUT2D eigenvalue weighted by Crippen LogP contribution is 2.22. The molecule has 2 amide bonds. The van der Waals surface area contributed by atoms with E-state index >= 15 is 0 Å². The summed E-state index contributed by atoms with van der Waals surface area (Å²) < 4.78 is 0. The molecule has 0 bridgehead atoms. The van der Waals surface area contributed by atoms with Gasteiger partial charge in [-0.2, -0.15) is 0 Å². The quantitative estimate of drug-likeness (QED) is 0.771. The summed E-state index contributed by atoms with van der Waals surface area (Å²) in [5, 5.41) is 2.88. The molecule has 1 aliphatic carbocycles. The summed E-state index contributed by atoms with van der Waals surface area (Å²) in [6.07, 6.45) is 7.41. The Bertz CT molecular complexity index is 357. The van der Waals surface area contributed by atoms with Crippen molar-refractivity contribution in [2.45, 2.75) is 51.6 Å². The van der Waals surface area contributed by atoms with Crippen LogP contribution < -0.4 is 5.32 Å². The van der Waals surface area contributed by atoms with E-state index in [1.165, 1.54) is 0 Å². The van der Waals surface area contributed by atoms with Crippen molar-refractivity contribution in [3.8, 4) is 0 Å².